The third-order valence-corrected chi connectivity index (χ3v) is 3.80. The van der Waals surface area contributed by atoms with E-state index in [0.717, 1.165) is 12.8 Å². The van der Waals surface area contributed by atoms with Crippen LogP contribution in [-0.2, 0) is 4.79 Å². The normalized spacial score (nSPS) is 14.4. The van der Waals surface area contributed by atoms with Gasteiger partial charge in [-0.2, -0.15) is 0 Å². The van der Waals surface area contributed by atoms with Crippen LogP contribution in [0.25, 0.3) is 0 Å². The maximum absolute atomic E-state index is 11.4. The summed E-state index contributed by atoms with van der Waals surface area (Å²) in [6.45, 7) is 10.0. The number of hydrogen-bond donors (Lipinski definition) is 2. The van der Waals surface area contributed by atoms with Crippen molar-refractivity contribution in [2.24, 2.45) is 0 Å². The Hall–Kier alpha value is -0.870. The first-order valence-corrected chi connectivity index (χ1v) is 6.13. The second-order valence-corrected chi connectivity index (χ2v) is 5.41. The van der Waals surface area contributed by atoms with E-state index in [1.807, 2.05) is 14.1 Å². The smallest absolute Gasteiger partial charge is 0.365 e. The van der Waals surface area contributed by atoms with Gasteiger partial charge < -0.3 is 9.59 Å². The lowest BCUT2D eigenvalue weighted by molar-refractivity contribution is -0.954. The van der Waals surface area contributed by atoms with Gasteiger partial charge in [-0.05, 0) is 6.42 Å². The molecule has 17 heavy (non-hydrogen) atoms. The third kappa shape index (κ3) is 3.54. The molecule has 0 amide bonds. The van der Waals surface area contributed by atoms with Gasteiger partial charge in [-0.1, -0.05) is 13.0 Å². The molecule has 0 aliphatic heterocycles. The lowest BCUT2D eigenvalue weighted by Crippen LogP contribution is -2.68. The summed E-state index contributed by atoms with van der Waals surface area (Å²) >= 11 is 0. The summed E-state index contributed by atoms with van der Waals surface area (Å²) in [6.07, 6.45) is 3.88. The summed E-state index contributed by atoms with van der Waals surface area (Å²) in [5.41, 5.74) is -0.825. The van der Waals surface area contributed by atoms with E-state index in [1.165, 1.54) is 0 Å². The van der Waals surface area contributed by atoms with Crippen molar-refractivity contribution in [1.29, 1.82) is 0 Å². The largest absolute Gasteiger partial charge is 0.477 e. The Kier molecular flexibility index (Phi) is 5.85. The number of hydrogen-bond acceptors (Lipinski definition) is 2. The number of carboxylic acid groups (broad SMARTS) is 1. The molecule has 0 saturated carbocycles. The number of nitrogens with zero attached hydrogens (tertiary/aromatic N) is 1. The van der Waals surface area contributed by atoms with Crippen molar-refractivity contribution in [1.82, 2.24) is 5.32 Å². The average molecular weight is 243 g/mol. The molecule has 0 radical (unpaired) electrons. The Bertz CT molecular complexity index is 273. The van der Waals surface area contributed by atoms with Crippen LogP contribution in [0.3, 0.4) is 0 Å². The molecule has 0 saturated heterocycles. The summed E-state index contributed by atoms with van der Waals surface area (Å²) < 4.78 is 0.407. The molecule has 0 aliphatic carbocycles. The fourth-order valence-electron chi connectivity index (χ4n) is 1.78. The van der Waals surface area contributed by atoms with Crippen molar-refractivity contribution >= 4 is 5.97 Å². The molecule has 4 nitrogen and oxygen atoms in total. The molecule has 100 valence electrons. The predicted molar refractivity (Wildman–Crippen MR) is 70.7 cm³/mol. The first-order valence-electron chi connectivity index (χ1n) is 6.13. The summed E-state index contributed by atoms with van der Waals surface area (Å²) in [5.74, 6) is -0.774. The molecular weight excluding hydrogens is 216 g/mol. The van der Waals surface area contributed by atoms with Crippen molar-refractivity contribution in [3.8, 4) is 0 Å². The number of carboxylic acids is 1. The molecule has 0 heterocycles. The van der Waals surface area contributed by atoms with E-state index in [-0.39, 0.29) is 6.17 Å². The zero-order valence-electron chi connectivity index (χ0n) is 11.8. The van der Waals surface area contributed by atoms with Gasteiger partial charge in [-0.15, -0.1) is 6.58 Å². The van der Waals surface area contributed by atoms with Crippen LogP contribution in [0.15, 0.2) is 12.7 Å². The number of nitrogens with one attached hydrogen (secondary N) is 1. The van der Waals surface area contributed by atoms with E-state index in [1.54, 1.807) is 19.9 Å². The van der Waals surface area contributed by atoms with Gasteiger partial charge in [0.1, 0.15) is 6.17 Å². The number of likely N-dealkylation sites (N-methyl/N-ethyl adjacent to an activating group) is 1. The van der Waals surface area contributed by atoms with E-state index in [4.69, 9.17) is 0 Å². The summed E-state index contributed by atoms with van der Waals surface area (Å²) in [7, 11) is 3.93. The number of carbonyl (C=O) groups is 1. The molecule has 0 bridgehead atoms. The van der Waals surface area contributed by atoms with Crippen molar-refractivity contribution in [3.05, 3.63) is 12.7 Å². The van der Waals surface area contributed by atoms with Gasteiger partial charge in [-0.25, -0.2) is 4.79 Å². The Balaban J connectivity index is 5.04. The van der Waals surface area contributed by atoms with Crippen LogP contribution >= 0.6 is 0 Å². The summed E-state index contributed by atoms with van der Waals surface area (Å²) in [5, 5.41) is 12.7. The molecule has 1 unspecified atom stereocenters. The molecule has 0 aromatic rings. The number of quaternary nitrogens is 1. The Labute approximate surface area is 105 Å². The molecule has 2 N–H and O–H groups in total. The molecule has 0 fully saturated rings. The SMILES string of the molecule is C=CCNC(CCC)[N+](C)(C)C(C)(C)C(=O)O. The van der Waals surface area contributed by atoms with Gasteiger partial charge >= 0.3 is 5.97 Å². The highest BCUT2D eigenvalue weighted by Gasteiger charge is 2.47. The van der Waals surface area contributed by atoms with E-state index in [0.29, 0.717) is 11.0 Å². The van der Waals surface area contributed by atoms with E-state index in [2.05, 4.69) is 18.8 Å². The van der Waals surface area contributed by atoms with Crippen LogP contribution in [0.5, 0.6) is 0 Å². The monoisotopic (exact) mass is 243 g/mol. The minimum Gasteiger partial charge on any atom is -0.477 e. The lowest BCUT2D eigenvalue weighted by atomic mass is 9.98. The first kappa shape index (κ1) is 16.1. The fraction of sp³-hybridized carbons (Fsp3) is 0.769. The highest BCUT2D eigenvalue weighted by Crippen LogP contribution is 2.25. The van der Waals surface area contributed by atoms with E-state index in [9.17, 15) is 9.90 Å². The maximum atomic E-state index is 11.4. The summed E-state index contributed by atoms with van der Waals surface area (Å²) in [4.78, 5) is 11.4. The van der Waals surface area contributed by atoms with Crippen LogP contribution in [0.2, 0.25) is 0 Å². The van der Waals surface area contributed by atoms with Gasteiger partial charge in [0.2, 0.25) is 0 Å². The third-order valence-electron chi connectivity index (χ3n) is 3.80. The molecule has 0 aromatic carbocycles. The van der Waals surface area contributed by atoms with Crippen LogP contribution in [0.4, 0.5) is 0 Å². The highest BCUT2D eigenvalue weighted by atomic mass is 16.4. The topological polar surface area (TPSA) is 49.3 Å². The fourth-order valence-corrected chi connectivity index (χ4v) is 1.78. The zero-order valence-corrected chi connectivity index (χ0v) is 11.8. The quantitative estimate of drug-likeness (QED) is 0.388. The van der Waals surface area contributed by atoms with Crippen LogP contribution in [0, 0.1) is 0 Å². The molecule has 0 rings (SSSR count). The van der Waals surface area contributed by atoms with E-state index < -0.39 is 11.5 Å². The molecule has 0 spiro atoms. The first-order chi connectivity index (χ1) is 7.71. The van der Waals surface area contributed by atoms with Gasteiger partial charge in [0.25, 0.3) is 0 Å². The molecule has 0 aliphatic rings. The van der Waals surface area contributed by atoms with Gasteiger partial charge in [0.15, 0.2) is 5.54 Å². The Morgan fingerprint density at radius 1 is 1.53 bits per heavy atom. The van der Waals surface area contributed by atoms with Gasteiger partial charge in [0, 0.05) is 26.8 Å². The van der Waals surface area contributed by atoms with Gasteiger partial charge in [-0.3, -0.25) is 5.32 Å². The van der Waals surface area contributed by atoms with E-state index >= 15 is 0 Å². The zero-order chi connectivity index (χ0) is 13.7. The predicted octanol–water partition coefficient (Wildman–Crippen LogP) is 1.83. The van der Waals surface area contributed by atoms with Crippen molar-refractivity contribution in [2.45, 2.75) is 45.3 Å². The maximum Gasteiger partial charge on any atom is 0.365 e. The second kappa shape index (κ2) is 6.17. The van der Waals surface area contributed by atoms with Crippen LogP contribution in [0.1, 0.15) is 33.6 Å². The Morgan fingerprint density at radius 3 is 2.41 bits per heavy atom. The highest BCUT2D eigenvalue weighted by molar-refractivity contribution is 5.76. The van der Waals surface area contributed by atoms with Crippen molar-refractivity contribution < 1.29 is 14.4 Å². The second-order valence-electron chi connectivity index (χ2n) is 5.41. The minimum atomic E-state index is -0.825. The average Bonchev–Trinajstić information content (AvgIpc) is 2.23. The number of rotatable bonds is 8. The van der Waals surface area contributed by atoms with Crippen molar-refractivity contribution in [2.75, 3.05) is 20.6 Å². The Morgan fingerprint density at radius 2 is 2.06 bits per heavy atom. The molecule has 1 atom stereocenters. The molecular formula is C13H27N2O2+. The summed E-state index contributed by atoms with van der Waals surface area (Å²) in [6, 6.07) is 0. The lowest BCUT2D eigenvalue weighted by Gasteiger charge is -2.47. The van der Waals surface area contributed by atoms with Gasteiger partial charge in [0.05, 0.1) is 14.1 Å². The minimum absolute atomic E-state index is 0.115. The standard InChI is InChI=1S/C13H26N2O2/c1-7-9-11(14-10-8-2)15(5,6)13(3,4)12(16)17/h8,11,14H,2,7,9-10H2,1,3-6H3/p+1. The van der Waals surface area contributed by atoms with Crippen LogP contribution < -0.4 is 5.32 Å². The molecule has 4 heteroatoms. The van der Waals surface area contributed by atoms with Crippen molar-refractivity contribution in [3.63, 3.8) is 0 Å². The molecule has 0 aromatic heterocycles. The number of aliphatic carboxylic acids is 1. The van der Waals surface area contributed by atoms with Crippen LogP contribution in [-0.4, -0.2) is 47.9 Å².